The summed E-state index contributed by atoms with van der Waals surface area (Å²) in [4.78, 5) is 23.3. The zero-order valence-corrected chi connectivity index (χ0v) is 14.4. The first-order valence-corrected chi connectivity index (χ1v) is 7.91. The van der Waals surface area contributed by atoms with Crippen molar-refractivity contribution in [2.24, 2.45) is 5.92 Å². The standard InChI is InChI=1S/C18H23N3O3/c1-11-8-12(2)21(20-11)10-15-6-5-7-16(9-15)17(22)19-14(4)13(3)18(23)24/h5-9,13-14H,10H2,1-4H3,(H,19,22)(H,23,24). The van der Waals surface area contributed by atoms with Crippen molar-refractivity contribution in [2.75, 3.05) is 0 Å². The largest absolute Gasteiger partial charge is 0.481 e. The number of benzene rings is 1. The molecule has 2 aromatic rings. The van der Waals surface area contributed by atoms with E-state index in [0.717, 1.165) is 17.0 Å². The molecule has 2 unspecified atom stereocenters. The van der Waals surface area contributed by atoms with Crippen LogP contribution in [0.3, 0.4) is 0 Å². The minimum Gasteiger partial charge on any atom is -0.481 e. The second kappa shape index (κ2) is 7.29. The number of amides is 1. The number of nitrogens with one attached hydrogen (secondary N) is 1. The number of rotatable bonds is 6. The van der Waals surface area contributed by atoms with Gasteiger partial charge in [0.15, 0.2) is 0 Å². The first-order valence-electron chi connectivity index (χ1n) is 7.91. The molecule has 0 radical (unpaired) electrons. The molecule has 2 atom stereocenters. The lowest BCUT2D eigenvalue weighted by Crippen LogP contribution is -2.40. The molecule has 6 heteroatoms. The van der Waals surface area contributed by atoms with Crippen molar-refractivity contribution in [3.8, 4) is 0 Å². The van der Waals surface area contributed by atoms with Gasteiger partial charge in [0.2, 0.25) is 0 Å². The molecule has 0 saturated carbocycles. The maximum Gasteiger partial charge on any atom is 0.308 e. The van der Waals surface area contributed by atoms with Crippen molar-refractivity contribution in [3.05, 3.63) is 52.8 Å². The second-order valence-corrected chi connectivity index (χ2v) is 6.17. The van der Waals surface area contributed by atoms with Crippen molar-refractivity contribution >= 4 is 11.9 Å². The quantitative estimate of drug-likeness (QED) is 0.852. The molecule has 0 fully saturated rings. The Balaban J connectivity index is 2.10. The minimum atomic E-state index is -0.930. The van der Waals surface area contributed by atoms with Gasteiger partial charge in [-0.15, -0.1) is 0 Å². The van der Waals surface area contributed by atoms with Crippen LogP contribution >= 0.6 is 0 Å². The summed E-state index contributed by atoms with van der Waals surface area (Å²) in [6.07, 6.45) is 0. The molecule has 0 aliphatic heterocycles. The molecule has 0 aliphatic carbocycles. The molecule has 1 heterocycles. The fourth-order valence-corrected chi connectivity index (χ4v) is 2.45. The van der Waals surface area contributed by atoms with Crippen LogP contribution in [0.4, 0.5) is 0 Å². The maximum absolute atomic E-state index is 12.3. The van der Waals surface area contributed by atoms with E-state index in [9.17, 15) is 9.59 Å². The Kier molecular flexibility index (Phi) is 5.39. The molecular weight excluding hydrogens is 306 g/mol. The smallest absolute Gasteiger partial charge is 0.308 e. The number of aromatic nitrogens is 2. The summed E-state index contributed by atoms with van der Waals surface area (Å²) in [5.41, 5.74) is 3.50. The zero-order valence-electron chi connectivity index (χ0n) is 14.4. The Labute approximate surface area is 141 Å². The van der Waals surface area contributed by atoms with Gasteiger partial charge in [-0.05, 0) is 51.5 Å². The Hall–Kier alpha value is -2.63. The van der Waals surface area contributed by atoms with Crippen LogP contribution in [0.1, 0.15) is 41.2 Å². The van der Waals surface area contributed by atoms with Crippen LogP contribution in [0.25, 0.3) is 0 Å². The molecular formula is C18H23N3O3. The first kappa shape index (κ1) is 17.7. The molecule has 2 N–H and O–H groups in total. The Morgan fingerprint density at radius 3 is 2.54 bits per heavy atom. The van der Waals surface area contributed by atoms with Crippen molar-refractivity contribution in [3.63, 3.8) is 0 Å². The molecule has 0 spiro atoms. The molecule has 2 rings (SSSR count). The van der Waals surface area contributed by atoms with E-state index in [2.05, 4.69) is 10.4 Å². The van der Waals surface area contributed by atoms with Gasteiger partial charge in [0.05, 0.1) is 18.2 Å². The van der Waals surface area contributed by atoms with Gasteiger partial charge >= 0.3 is 5.97 Å². The lowest BCUT2D eigenvalue weighted by Gasteiger charge is -2.18. The van der Waals surface area contributed by atoms with Gasteiger partial charge in [-0.3, -0.25) is 14.3 Å². The third kappa shape index (κ3) is 4.22. The fraction of sp³-hybridized carbons (Fsp3) is 0.389. The van der Waals surface area contributed by atoms with E-state index in [1.807, 2.05) is 42.8 Å². The van der Waals surface area contributed by atoms with Crippen molar-refractivity contribution in [1.29, 1.82) is 0 Å². The lowest BCUT2D eigenvalue weighted by atomic mass is 10.0. The van der Waals surface area contributed by atoms with E-state index in [4.69, 9.17) is 5.11 Å². The van der Waals surface area contributed by atoms with Gasteiger partial charge in [-0.1, -0.05) is 12.1 Å². The molecule has 1 aromatic heterocycles. The lowest BCUT2D eigenvalue weighted by molar-refractivity contribution is -0.141. The van der Waals surface area contributed by atoms with Crippen molar-refractivity contribution in [2.45, 2.75) is 40.3 Å². The predicted molar refractivity (Wildman–Crippen MR) is 91.0 cm³/mol. The topological polar surface area (TPSA) is 84.2 Å². The van der Waals surface area contributed by atoms with E-state index < -0.39 is 17.9 Å². The minimum absolute atomic E-state index is 0.272. The molecule has 128 valence electrons. The third-order valence-electron chi connectivity index (χ3n) is 4.12. The summed E-state index contributed by atoms with van der Waals surface area (Å²) in [5.74, 6) is -1.85. The zero-order chi connectivity index (χ0) is 17.9. The van der Waals surface area contributed by atoms with Crippen LogP contribution in [0.2, 0.25) is 0 Å². The summed E-state index contributed by atoms with van der Waals surface area (Å²) >= 11 is 0. The van der Waals surface area contributed by atoms with E-state index in [1.165, 1.54) is 0 Å². The summed E-state index contributed by atoms with van der Waals surface area (Å²) in [6, 6.07) is 8.85. The number of hydrogen-bond donors (Lipinski definition) is 2. The normalized spacial score (nSPS) is 13.3. The Morgan fingerprint density at radius 1 is 1.25 bits per heavy atom. The Bertz CT molecular complexity index is 752. The molecule has 24 heavy (non-hydrogen) atoms. The van der Waals surface area contributed by atoms with Gasteiger partial charge in [0, 0.05) is 17.3 Å². The fourth-order valence-electron chi connectivity index (χ4n) is 2.45. The number of carbonyl (C=O) groups is 2. The van der Waals surface area contributed by atoms with Crippen LogP contribution in [0.15, 0.2) is 30.3 Å². The van der Waals surface area contributed by atoms with Crippen LogP contribution in [-0.2, 0) is 11.3 Å². The maximum atomic E-state index is 12.3. The van der Waals surface area contributed by atoms with Gasteiger partial charge in [-0.25, -0.2) is 0 Å². The number of carboxylic acid groups (broad SMARTS) is 1. The van der Waals surface area contributed by atoms with E-state index in [-0.39, 0.29) is 5.91 Å². The van der Waals surface area contributed by atoms with Gasteiger partial charge in [-0.2, -0.15) is 5.10 Å². The van der Waals surface area contributed by atoms with E-state index in [0.29, 0.717) is 12.1 Å². The summed E-state index contributed by atoms with van der Waals surface area (Å²) in [7, 11) is 0. The van der Waals surface area contributed by atoms with Crippen LogP contribution in [0, 0.1) is 19.8 Å². The number of nitrogens with zero attached hydrogens (tertiary/aromatic N) is 2. The molecule has 0 saturated heterocycles. The van der Waals surface area contributed by atoms with Crippen molar-refractivity contribution < 1.29 is 14.7 Å². The summed E-state index contributed by atoms with van der Waals surface area (Å²) in [6.45, 7) is 7.79. The number of hydrogen-bond acceptors (Lipinski definition) is 3. The SMILES string of the molecule is Cc1cc(C)n(Cc2cccc(C(=O)NC(C)C(C)C(=O)O)c2)n1. The highest BCUT2D eigenvalue weighted by Gasteiger charge is 2.21. The highest BCUT2D eigenvalue weighted by molar-refractivity contribution is 5.94. The van der Waals surface area contributed by atoms with Gasteiger partial charge < -0.3 is 10.4 Å². The van der Waals surface area contributed by atoms with Gasteiger partial charge in [0.1, 0.15) is 0 Å². The molecule has 6 nitrogen and oxygen atoms in total. The first-order chi connectivity index (χ1) is 11.3. The average Bonchev–Trinajstić information content (AvgIpc) is 2.84. The summed E-state index contributed by atoms with van der Waals surface area (Å²) < 4.78 is 1.89. The highest BCUT2D eigenvalue weighted by atomic mass is 16.4. The number of aryl methyl sites for hydroxylation is 2. The number of carboxylic acids is 1. The predicted octanol–water partition coefficient (Wildman–Crippen LogP) is 2.39. The second-order valence-electron chi connectivity index (χ2n) is 6.17. The van der Waals surface area contributed by atoms with Crippen LogP contribution < -0.4 is 5.32 Å². The molecule has 0 aliphatic rings. The average molecular weight is 329 g/mol. The van der Waals surface area contributed by atoms with Crippen LogP contribution in [-0.4, -0.2) is 32.8 Å². The van der Waals surface area contributed by atoms with Crippen molar-refractivity contribution in [1.82, 2.24) is 15.1 Å². The number of carbonyl (C=O) groups excluding carboxylic acids is 1. The number of aliphatic carboxylic acids is 1. The highest BCUT2D eigenvalue weighted by Crippen LogP contribution is 2.11. The van der Waals surface area contributed by atoms with E-state index >= 15 is 0 Å². The molecule has 0 bridgehead atoms. The third-order valence-corrected chi connectivity index (χ3v) is 4.12. The van der Waals surface area contributed by atoms with Crippen LogP contribution in [0.5, 0.6) is 0 Å². The molecule has 1 aromatic carbocycles. The Morgan fingerprint density at radius 2 is 1.96 bits per heavy atom. The van der Waals surface area contributed by atoms with Gasteiger partial charge in [0.25, 0.3) is 5.91 Å². The summed E-state index contributed by atoms with van der Waals surface area (Å²) in [5, 5.41) is 16.2. The molecule has 1 amide bonds. The van der Waals surface area contributed by atoms with E-state index in [1.54, 1.807) is 19.9 Å². The monoisotopic (exact) mass is 329 g/mol.